The Labute approximate surface area is 90.2 Å². The van der Waals surface area contributed by atoms with E-state index < -0.39 is 0 Å². The normalized spacial score (nSPS) is 4.29. The molecule has 0 aliphatic carbocycles. The van der Waals surface area contributed by atoms with Gasteiger partial charge in [-0.15, -0.1) is 50.9 Å². The Kier molecular flexibility index (Phi) is 78.4. The Morgan fingerprint density at radius 2 is 1.29 bits per heavy atom. The van der Waals surface area contributed by atoms with Gasteiger partial charge >= 0.3 is 40.3 Å². The molecule has 4 heteroatoms. The summed E-state index contributed by atoms with van der Waals surface area (Å²) in [5.74, 6) is 0. The van der Waals surface area contributed by atoms with Crippen LogP contribution in [0.25, 0.3) is 0 Å². The summed E-state index contributed by atoms with van der Waals surface area (Å²) >= 11 is 1.67. The maximum atomic E-state index is 2.20. The molecule has 7 heavy (non-hydrogen) atoms. The first-order chi connectivity index (χ1) is 1.91. The predicted molar refractivity (Wildman–Crippen MR) is 51.8 cm³/mol. The van der Waals surface area contributed by atoms with E-state index in [1.165, 1.54) is 10.9 Å². The quantitative estimate of drug-likeness (QED) is 0.590. The average Bonchev–Trinajstić information content (AvgIpc) is 1.37. The van der Waals surface area contributed by atoms with Crippen molar-refractivity contribution in [3.8, 4) is 0 Å². The molecule has 3 radical (unpaired) electrons. The molecule has 0 atom stereocenters. The topological polar surface area (TPSA) is 0 Å². The molecule has 0 nitrogen and oxygen atoms in total. The molecule has 0 aromatic rings. The SMILES string of the molecule is Br.Br.Br.CC[CH2][Sn]. The molecule has 0 aliphatic heterocycles. The van der Waals surface area contributed by atoms with E-state index in [0.717, 1.165) is 0 Å². The molecule has 47 valence electrons. The van der Waals surface area contributed by atoms with Crippen LogP contribution in [0.3, 0.4) is 0 Å². The fourth-order valence-electron chi connectivity index (χ4n) is 0. The Hall–Kier alpha value is 2.24. The minimum atomic E-state index is 0. The van der Waals surface area contributed by atoms with Crippen LogP contribution in [0.15, 0.2) is 0 Å². The molecule has 0 aromatic heterocycles. The van der Waals surface area contributed by atoms with Gasteiger partial charge in [0.1, 0.15) is 0 Å². The van der Waals surface area contributed by atoms with Gasteiger partial charge in [0, 0.05) is 0 Å². The van der Waals surface area contributed by atoms with Crippen LogP contribution in [0.5, 0.6) is 0 Å². The number of hydrogen-bond acceptors (Lipinski definition) is 0. The Morgan fingerprint density at radius 1 is 1.14 bits per heavy atom. The summed E-state index contributed by atoms with van der Waals surface area (Å²) < 4.78 is 1.41. The van der Waals surface area contributed by atoms with E-state index in [-0.39, 0.29) is 50.9 Å². The van der Waals surface area contributed by atoms with Crippen LogP contribution < -0.4 is 0 Å². The number of hydrogen-bond donors (Lipinski definition) is 0. The van der Waals surface area contributed by atoms with Crippen molar-refractivity contribution in [2.75, 3.05) is 0 Å². The van der Waals surface area contributed by atoms with Crippen molar-refractivity contribution in [1.82, 2.24) is 0 Å². The van der Waals surface area contributed by atoms with E-state index in [0.29, 0.717) is 0 Å². The standard InChI is InChI=1S/C3H7.3BrH.Sn/c1-3-2;;;;/h1,3H2,2H3;3*1H;. The van der Waals surface area contributed by atoms with E-state index in [1.807, 2.05) is 0 Å². The molecule has 0 fully saturated rings. The van der Waals surface area contributed by atoms with Gasteiger partial charge in [0.25, 0.3) is 0 Å². The van der Waals surface area contributed by atoms with Crippen LogP contribution in [0, 0.1) is 0 Å². The first-order valence-electron chi connectivity index (χ1n) is 1.56. The van der Waals surface area contributed by atoms with E-state index in [4.69, 9.17) is 0 Å². The molecule has 0 N–H and O–H groups in total. The monoisotopic (exact) mass is 403 g/mol. The van der Waals surface area contributed by atoms with Crippen LogP contribution in [0.4, 0.5) is 0 Å². The van der Waals surface area contributed by atoms with Crippen molar-refractivity contribution >= 4 is 73.5 Å². The molecule has 0 heterocycles. The number of rotatable bonds is 1. The van der Waals surface area contributed by atoms with Crippen molar-refractivity contribution in [2.24, 2.45) is 0 Å². The van der Waals surface area contributed by atoms with Crippen molar-refractivity contribution in [3.63, 3.8) is 0 Å². The molecule has 0 rings (SSSR count). The van der Waals surface area contributed by atoms with Gasteiger partial charge in [-0.2, -0.15) is 0 Å². The molecule has 0 aliphatic rings. The number of halogens is 3. The maximum absolute atomic E-state index is 2.20. The van der Waals surface area contributed by atoms with Crippen LogP contribution >= 0.6 is 50.9 Å². The third-order valence-electron chi connectivity index (χ3n) is 0.250. The molecule has 0 bridgehead atoms. The molecule has 0 unspecified atom stereocenters. The van der Waals surface area contributed by atoms with E-state index >= 15 is 0 Å². The van der Waals surface area contributed by atoms with Gasteiger partial charge in [-0.3, -0.25) is 0 Å². The Morgan fingerprint density at radius 3 is 1.29 bits per heavy atom. The average molecular weight is 405 g/mol. The van der Waals surface area contributed by atoms with Gasteiger partial charge in [0.15, 0.2) is 0 Å². The van der Waals surface area contributed by atoms with Gasteiger partial charge < -0.3 is 0 Å². The molecule has 0 amide bonds. The molecular weight excluding hydrogens is 394 g/mol. The van der Waals surface area contributed by atoms with Crippen LogP contribution in [-0.2, 0) is 0 Å². The summed E-state index contributed by atoms with van der Waals surface area (Å²) in [6, 6.07) is 0. The Balaban J connectivity index is -0.0000000150. The van der Waals surface area contributed by atoms with Crippen LogP contribution in [0.1, 0.15) is 13.3 Å². The fourth-order valence-corrected chi connectivity index (χ4v) is 0. The summed E-state index contributed by atoms with van der Waals surface area (Å²) in [6.45, 7) is 2.20. The van der Waals surface area contributed by atoms with Gasteiger partial charge in [-0.25, -0.2) is 0 Å². The van der Waals surface area contributed by atoms with Crippen molar-refractivity contribution < 1.29 is 0 Å². The summed E-state index contributed by atoms with van der Waals surface area (Å²) in [4.78, 5) is 0. The second-order valence-corrected chi connectivity index (χ2v) is 2.18. The first-order valence-corrected chi connectivity index (χ1v) is 3.58. The second-order valence-electron chi connectivity index (χ2n) is 0.750. The van der Waals surface area contributed by atoms with Gasteiger partial charge in [-0.1, -0.05) is 0 Å². The molecule has 0 saturated heterocycles. The third kappa shape index (κ3) is 30.6. The summed E-state index contributed by atoms with van der Waals surface area (Å²) in [7, 11) is 0. The Bertz CT molecular complexity index is 12.1. The summed E-state index contributed by atoms with van der Waals surface area (Å²) in [5.41, 5.74) is 0. The van der Waals surface area contributed by atoms with Gasteiger partial charge in [0.2, 0.25) is 0 Å². The summed E-state index contributed by atoms with van der Waals surface area (Å²) in [5, 5.41) is 0. The van der Waals surface area contributed by atoms with Gasteiger partial charge in [0.05, 0.1) is 0 Å². The molecular formula is C3H10Br3Sn. The van der Waals surface area contributed by atoms with Crippen LogP contribution in [0.2, 0.25) is 4.44 Å². The van der Waals surface area contributed by atoms with Crippen LogP contribution in [-0.4, -0.2) is 22.5 Å². The van der Waals surface area contributed by atoms with Crippen molar-refractivity contribution in [1.29, 1.82) is 0 Å². The zero-order chi connectivity index (χ0) is 3.41. The van der Waals surface area contributed by atoms with Crippen molar-refractivity contribution in [3.05, 3.63) is 0 Å². The van der Waals surface area contributed by atoms with Crippen molar-refractivity contribution in [2.45, 2.75) is 17.8 Å². The first kappa shape index (κ1) is 22.8. The summed E-state index contributed by atoms with van der Waals surface area (Å²) in [6.07, 6.45) is 1.36. The van der Waals surface area contributed by atoms with E-state index in [2.05, 4.69) is 6.92 Å². The zero-order valence-corrected chi connectivity index (χ0v) is 12.1. The molecule has 0 saturated carbocycles. The fraction of sp³-hybridized carbons (Fsp3) is 1.00. The zero-order valence-electron chi connectivity index (χ0n) is 4.14. The second kappa shape index (κ2) is 24.0. The third-order valence-corrected chi connectivity index (χ3v) is 1.68. The van der Waals surface area contributed by atoms with E-state index in [9.17, 15) is 0 Å². The van der Waals surface area contributed by atoms with E-state index in [1.54, 1.807) is 22.5 Å². The van der Waals surface area contributed by atoms with Gasteiger partial charge in [-0.05, 0) is 0 Å². The molecule has 0 aromatic carbocycles. The molecule has 0 spiro atoms. The predicted octanol–water partition coefficient (Wildman–Crippen LogP) is 2.72. The minimum absolute atomic E-state index is 0.